The highest BCUT2D eigenvalue weighted by Crippen LogP contribution is 2.19. The van der Waals surface area contributed by atoms with Crippen molar-refractivity contribution in [2.75, 3.05) is 24.8 Å². The van der Waals surface area contributed by atoms with Crippen molar-refractivity contribution in [1.82, 2.24) is 9.97 Å². The minimum atomic E-state index is -0.271. The maximum absolute atomic E-state index is 12.3. The highest BCUT2D eigenvalue weighted by atomic mass is 16.5. The van der Waals surface area contributed by atoms with Gasteiger partial charge in [-0.05, 0) is 31.5 Å². The standard InChI is InChI=1S/C15H18N4O2/c1-9-5-6-11(12(7-9)16-3)14(20)19-15-17-10(2)8-13(18-15)21-4/h5-8,16H,1-4H3,(H,17,18,19,20). The van der Waals surface area contributed by atoms with Crippen molar-refractivity contribution in [3.05, 3.63) is 41.1 Å². The lowest BCUT2D eigenvalue weighted by Crippen LogP contribution is -2.16. The molecule has 0 radical (unpaired) electrons. The number of rotatable bonds is 4. The number of amides is 1. The molecule has 110 valence electrons. The van der Waals surface area contributed by atoms with Crippen molar-refractivity contribution in [1.29, 1.82) is 0 Å². The summed E-state index contributed by atoms with van der Waals surface area (Å²) >= 11 is 0. The number of hydrogen-bond acceptors (Lipinski definition) is 5. The van der Waals surface area contributed by atoms with E-state index in [4.69, 9.17) is 4.74 Å². The molecule has 21 heavy (non-hydrogen) atoms. The summed E-state index contributed by atoms with van der Waals surface area (Å²) in [5.74, 6) is 0.363. The van der Waals surface area contributed by atoms with Crippen LogP contribution in [0, 0.1) is 13.8 Å². The maximum Gasteiger partial charge on any atom is 0.260 e. The molecule has 0 spiro atoms. The van der Waals surface area contributed by atoms with Crippen LogP contribution in [0.4, 0.5) is 11.6 Å². The van der Waals surface area contributed by atoms with E-state index in [1.165, 1.54) is 7.11 Å². The number of nitrogens with zero attached hydrogens (tertiary/aromatic N) is 2. The molecule has 1 aromatic heterocycles. The Labute approximate surface area is 123 Å². The minimum Gasteiger partial charge on any atom is -0.481 e. The Morgan fingerprint density at radius 2 is 1.95 bits per heavy atom. The first-order chi connectivity index (χ1) is 10.0. The van der Waals surface area contributed by atoms with E-state index in [9.17, 15) is 4.79 Å². The number of carbonyl (C=O) groups excluding carboxylic acids is 1. The van der Waals surface area contributed by atoms with Crippen LogP contribution >= 0.6 is 0 Å². The Morgan fingerprint density at radius 3 is 2.62 bits per heavy atom. The van der Waals surface area contributed by atoms with Crippen LogP contribution in [-0.2, 0) is 0 Å². The van der Waals surface area contributed by atoms with Crippen molar-refractivity contribution >= 4 is 17.5 Å². The number of carbonyl (C=O) groups is 1. The normalized spacial score (nSPS) is 10.1. The van der Waals surface area contributed by atoms with Crippen LogP contribution < -0.4 is 15.4 Å². The van der Waals surface area contributed by atoms with Gasteiger partial charge in [0, 0.05) is 24.5 Å². The number of ether oxygens (including phenoxy) is 1. The zero-order valence-electron chi connectivity index (χ0n) is 12.5. The maximum atomic E-state index is 12.3. The summed E-state index contributed by atoms with van der Waals surface area (Å²) < 4.78 is 5.07. The molecule has 1 aromatic carbocycles. The highest BCUT2D eigenvalue weighted by molar-refractivity contribution is 6.07. The molecular formula is C15H18N4O2. The van der Waals surface area contributed by atoms with Crippen molar-refractivity contribution in [3.63, 3.8) is 0 Å². The van der Waals surface area contributed by atoms with Gasteiger partial charge in [0.05, 0.1) is 12.7 Å². The van der Waals surface area contributed by atoms with E-state index in [0.717, 1.165) is 16.9 Å². The second-order valence-corrected chi connectivity index (χ2v) is 4.63. The van der Waals surface area contributed by atoms with Gasteiger partial charge in [-0.2, -0.15) is 4.98 Å². The van der Waals surface area contributed by atoms with Crippen molar-refractivity contribution < 1.29 is 9.53 Å². The van der Waals surface area contributed by atoms with Crippen molar-refractivity contribution in [3.8, 4) is 5.88 Å². The first-order valence-corrected chi connectivity index (χ1v) is 6.53. The van der Waals surface area contributed by atoms with Crippen LogP contribution in [0.1, 0.15) is 21.6 Å². The average molecular weight is 286 g/mol. The number of aromatic nitrogens is 2. The minimum absolute atomic E-state index is 0.222. The molecule has 1 amide bonds. The molecule has 0 unspecified atom stereocenters. The smallest absolute Gasteiger partial charge is 0.260 e. The Morgan fingerprint density at radius 1 is 1.19 bits per heavy atom. The number of aryl methyl sites for hydroxylation is 2. The third kappa shape index (κ3) is 3.47. The van der Waals surface area contributed by atoms with Gasteiger partial charge < -0.3 is 10.1 Å². The van der Waals surface area contributed by atoms with Gasteiger partial charge >= 0.3 is 0 Å². The van der Waals surface area contributed by atoms with Crippen LogP contribution in [0.5, 0.6) is 5.88 Å². The van der Waals surface area contributed by atoms with E-state index in [1.54, 1.807) is 19.2 Å². The van der Waals surface area contributed by atoms with Crippen LogP contribution in [0.25, 0.3) is 0 Å². The Bertz CT molecular complexity index is 671. The van der Waals surface area contributed by atoms with Crippen molar-refractivity contribution in [2.45, 2.75) is 13.8 Å². The summed E-state index contributed by atoms with van der Waals surface area (Å²) in [7, 11) is 3.30. The molecule has 0 saturated carbocycles. The Hall–Kier alpha value is -2.63. The number of methoxy groups -OCH3 is 1. The second-order valence-electron chi connectivity index (χ2n) is 4.63. The predicted molar refractivity (Wildman–Crippen MR) is 82.0 cm³/mol. The zero-order valence-corrected chi connectivity index (χ0v) is 12.5. The number of anilines is 2. The predicted octanol–water partition coefficient (Wildman–Crippen LogP) is 2.40. The fraction of sp³-hybridized carbons (Fsp3) is 0.267. The lowest BCUT2D eigenvalue weighted by Gasteiger charge is -2.10. The lowest BCUT2D eigenvalue weighted by molar-refractivity contribution is 0.102. The van der Waals surface area contributed by atoms with E-state index < -0.39 is 0 Å². The molecule has 0 aliphatic rings. The molecule has 0 fully saturated rings. The molecule has 6 heteroatoms. The molecule has 0 atom stereocenters. The SMILES string of the molecule is CNc1cc(C)ccc1C(=O)Nc1nc(C)cc(OC)n1. The molecule has 0 saturated heterocycles. The quantitative estimate of drug-likeness (QED) is 0.902. The molecule has 2 N–H and O–H groups in total. The van der Waals surface area contributed by atoms with Gasteiger partial charge in [0.25, 0.3) is 5.91 Å². The molecular weight excluding hydrogens is 268 g/mol. The second kappa shape index (κ2) is 6.21. The van der Waals surface area contributed by atoms with Gasteiger partial charge in [-0.1, -0.05) is 6.07 Å². The topological polar surface area (TPSA) is 76.1 Å². The summed E-state index contributed by atoms with van der Waals surface area (Å²) in [6.45, 7) is 3.78. The van der Waals surface area contributed by atoms with Gasteiger partial charge in [0.2, 0.25) is 11.8 Å². The first-order valence-electron chi connectivity index (χ1n) is 6.53. The van der Waals surface area contributed by atoms with Crippen LogP contribution in [0.15, 0.2) is 24.3 Å². The zero-order chi connectivity index (χ0) is 15.4. The average Bonchev–Trinajstić information content (AvgIpc) is 2.46. The van der Waals surface area contributed by atoms with Gasteiger partial charge in [0.1, 0.15) is 0 Å². The molecule has 2 rings (SSSR count). The van der Waals surface area contributed by atoms with Crippen molar-refractivity contribution in [2.24, 2.45) is 0 Å². The van der Waals surface area contributed by atoms with Gasteiger partial charge in [-0.15, -0.1) is 0 Å². The van der Waals surface area contributed by atoms with Gasteiger partial charge in [-0.3, -0.25) is 10.1 Å². The number of nitrogens with one attached hydrogen (secondary N) is 2. The Balaban J connectivity index is 2.28. The monoisotopic (exact) mass is 286 g/mol. The van der Waals surface area contributed by atoms with E-state index in [1.807, 2.05) is 26.0 Å². The summed E-state index contributed by atoms with van der Waals surface area (Å²) in [5, 5.41) is 5.70. The summed E-state index contributed by atoms with van der Waals surface area (Å²) in [5.41, 5.74) is 3.08. The van der Waals surface area contributed by atoms with E-state index in [0.29, 0.717) is 11.4 Å². The number of benzene rings is 1. The van der Waals surface area contributed by atoms with Gasteiger partial charge in [-0.25, -0.2) is 4.98 Å². The summed E-state index contributed by atoms with van der Waals surface area (Å²) in [4.78, 5) is 20.6. The highest BCUT2D eigenvalue weighted by Gasteiger charge is 2.13. The Kier molecular flexibility index (Phi) is 4.37. The molecule has 0 bridgehead atoms. The van der Waals surface area contributed by atoms with E-state index in [2.05, 4.69) is 20.6 Å². The third-order valence-electron chi connectivity index (χ3n) is 2.95. The van der Waals surface area contributed by atoms with Crippen LogP contribution in [-0.4, -0.2) is 30.0 Å². The summed E-state index contributed by atoms with van der Waals surface area (Å²) in [6.07, 6.45) is 0. The third-order valence-corrected chi connectivity index (χ3v) is 2.95. The van der Waals surface area contributed by atoms with Crippen LogP contribution in [0.2, 0.25) is 0 Å². The molecule has 0 aliphatic carbocycles. The first kappa shape index (κ1) is 14.8. The largest absolute Gasteiger partial charge is 0.481 e. The van der Waals surface area contributed by atoms with Crippen LogP contribution in [0.3, 0.4) is 0 Å². The fourth-order valence-corrected chi connectivity index (χ4v) is 1.93. The lowest BCUT2D eigenvalue weighted by atomic mass is 10.1. The van der Waals surface area contributed by atoms with E-state index in [-0.39, 0.29) is 11.9 Å². The molecule has 6 nitrogen and oxygen atoms in total. The molecule has 1 heterocycles. The fourth-order valence-electron chi connectivity index (χ4n) is 1.93. The molecule has 2 aromatic rings. The molecule has 0 aliphatic heterocycles. The summed E-state index contributed by atoms with van der Waals surface area (Å²) in [6, 6.07) is 7.25. The van der Waals surface area contributed by atoms with E-state index >= 15 is 0 Å². The van der Waals surface area contributed by atoms with Gasteiger partial charge in [0.15, 0.2) is 0 Å². The number of hydrogen-bond donors (Lipinski definition) is 2.